The lowest BCUT2D eigenvalue weighted by Gasteiger charge is -2.14. The molecule has 142 valence electrons. The number of benzene rings is 1. The summed E-state index contributed by atoms with van der Waals surface area (Å²) in [6, 6.07) is 5.57. The van der Waals surface area contributed by atoms with Crippen LogP contribution in [0, 0.1) is 12.7 Å². The van der Waals surface area contributed by atoms with E-state index in [1.807, 2.05) is 0 Å². The van der Waals surface area contributed by atoms with E-state index in [1.54, 1.807) is 13.0 Å². The third-order valence-corrected chi connectivity index (χ3v) is 4.62. The maximum Gasteiger partial charge on any atom is 0.414 e. The van der Waals surface area contributed by atoms with Crippen LogP contribution < -0.4 is 15.5 Å². The minimum atomic E-state index is -0.760. The molecule has 10 heteroatoms. The molecule has 0 aliphatic carbocycles. The Hall–Kier alpha value is -3.01. The highest BCUT2D eigenvalue weighted by Crippen LogP contribution is 2.25. The van der Waals surface area contributed by atoms with Gasteiger partial charge in [-0.2, -0.15) is 4.37 Å². The Morgan fingerprint density at radius 2 is 2.19 bits per heavy atom. The highest BCUT2D eigenvalue weighted by molar-refractivity contribution is 7.10. The molecular weight excluding hydrogens is 375 g/mol. The fourth-order valence-corrected chi connectivity index (χ4v) is 3.21. The van der Waals surface area contributed by atoms with E-state index in [1.165, 1.54) is 24.0 Å². The largest absolute Gasteiger partial charge is 0.442 e. The number of hydrogen-bond donors (Lipinski definition) is 2. The fraction of sp³-hybridized carbons (Fsp3) is 0.294. The number of amides is 3. The monoisotopic (exact) mass is 392 g/mol. The van der Waals surface area contributed by atoms with E-state index in [9.17, 15) is 18.8 Å². The molecule has 27 heavy (non-hydrogen) atoms. The molecule has 2 N–H and O–H groups in total. The van der Waals surface area contributed by atoms with Crippen LogP contribution in [0.1, 0.15) is 23.0 Å². The van der Waals surface area contributed by atoms with Crippen molar-refractivity contribution in [3.63, 3.8) is 0 Å². The third kappa shape index (κ3) is 4.40. The van der Waals surface area contributed by atoms with Crippen molar-refractivity contribution >= 4 is 40.1 Å². The average molecular weight is 392 g/mol. The molecular formula is C17H17FN4O4S. The van der Waals surface area contributed by atoms with Crippen LogP contribution in [0.25, 0.3) is 0 Å². The molecule has 2 aromatic rings. The van der Waals surface area contributed by atoms with Crippen LogP contribution in [-0.2, 0) is 9.53 Å². The Bertz CT molecular complexity index is 901. The average Bonchev–Trinajstić information content (AvgIpc) is 3.18. The van der Waals surface area contributed by atoms with Gasteiger partial charge >= 0.3 is 6.09 Å². The van der Waals surface area contributed by atoms with Crippen LogP contribution in [0.3, 0.4) is 0 Å². The first-order valence-corrected chi connectivity index (χ1v) is 8.87. The van der Waals surface area contributed by atoms with Gasteiger partial charge < -0.3 is 15.4 Å². The van der Waals surface area contributed by atoms with Crippen molar-refractivity contribution in [3.05, 3.63) is 41.3 Å². The number of carbonyl (C=O) groups is 3. The number of rotatable bonds is 5. The lowest BCUT2D eigenvalue weighted by atomic mass is 10.1. The fourth-order valence-electron chi connectivity index (χ4n) is 2.55. The first kappa shape index (κ1) is 18.8. The minimum absolute atomic E-state index is 0.146. The maximum atomic E-state index is 14.4. The lowest BCUT2D eigenvalue weighted by molar-refractivity contribution is -0.119. The molecule has 8 nitrogen and oxygen atoms in total. The van der Waals surface area contributed by atoms with Gasteiger partial charge in [0.1, 0.15) is 16.9 Å². The van der Waals surface area contributed by atoms with E-state index >= 15 is 0 Å². The molecule has 3 rings (SSSR count). The molecule has 1 aliphatic rings. The number of aromatic nitrogens is 1. The normalized spacial score (nSPS) is 16.2. The Morgan fingerprint density at radius 1 is 1.41 bits per heavy atom. The van der Waals surface area contributed by atoms with Crippen molar-refractivity contribution in [2.24, 2.45) is 0 Å². The van der Waals surface area contributed by atoms with E-state index in [0.29, 0.717) is 5.00 Å². The van der Waals surface area contributed by atoms with Gasteiger partial charge in [0.2, 0.25) is 5.91 Å². The summed E-state index contributed by atoms with van der Waals surface area (Å²) >= 11 is 1.11. The number of nitrogens with zero attached hydrogens (tertiary/aromatic N) is 2. The van der Waals surface area contributed by atoms with Crippen LogP contribution >= 0.6 is 11.5 Å². The number of carbonyl (C=O) groups excluding carboxylic acids is 3. The molecule has 1 aromatic heterocycles. The smallest absolute Gasteiger partial charge is 0.414 e. The third-order valence-electron chi connectivity index (χ3n) is 3.83. The van der Waals surface area contributed by atoms with Crippen molar-refractivity contribution in [2.45, 2.75) is 20.0 Å². The number of anilines is 2. The zero-order valence-electron chi connectivity index (χ0n) is 14.6. The van der Waals surface area contributed by atoms with E-state index < -0.39 is 23.9 Å². The SMILES string of the molecule is CC(=O)NC[C@H]1CN(c2ccc(C(=O)Nc3cc(C)ns3)c(F)c2)C(=O)O1. The molecule has 1 atom stereocenters. The van der Waals surface area contributed by atoms with E-state index in [0.717, 1.165) is 23.3 Å². The minimum Gasteiger partial charge on any atom is -0.442 e. The van der Waals surface area contributed by atoms with Gasteiger partial charge in [-0.15, -0.1) is 0 Å². The molecule has 0 spiro atoms. The van der Waals surface area contributed by atoms with Gasteiger partial charge in [0.25, 0.3) is 5.91 Å². The Balaban J connectivity index is 1.70. The van der Waals surface area contributed by atoms with Crippen molar-refractivity contribution in [1.29, 1.82) is 0 Å². The zero-order valence-corrected chi connectivity index (χ0v) is 15.4. The van der Waals surface area contributed by atoms with Gasteiger partial charge in [-0.3, -0.25) is 14.5 Å². The summed E-state index contributed by atoms with van der Waals surface area (Å²) in [7, 11) is 0. The van der Waals surface area contributed by atoms with Gasteiger partial charge in [-0.1, -0.05) is 0 Å². The number of halogens is 1. The van der Waals surface area contributed by atoms with Gasteiger partial charge in [-0.25, -0.2) is 9.18 Å². The van der Waals surface area contributed by atoms with Crippen LogP contribution in [0.2, 0.25) is 0 Å². The Labute approximate surface area is 158 Å². The van der Waals surface area contributed by atoms with E-state index in [-0.39, 0.29) is 30.2 Å². The predicted octanol–water partition coefficient (Wildman–Crippen LogP) is 2.30. The summed E-state index contributed by atoms with van der Waals surface area (Å²) in [4.78, 5) is 36.4. The maximum absolute atomic E-state index is 14.4. The first-order valence-electron chi connectivity index (χ1n) is 8.10. The van der Waals surface area contributed by atoms with Gasteiger partial charge in [0, 0.05) is 6.92 Å². The highest BCUT2D eigenvalue weighted by atomic mass is 32.1. The van der Waals surface area contributed by atoms with Crippen molar-refractivity contribution in [2.75, 3.05) is 23.3 Å². The van der Waals surface area contributed by atoms with Gasteiger partial charge in [0.05, 0.1) is 30.0 Å². The Kier molecular flexibility index (Phi) is 5.36. The molecule has 0 saturated carbocycles. The van der Waals surface area contributed by atoms with E-state index in [4.69, 9.17) is 4.74 Å². The standard InChI is InChI=1S/C17H17FN4O4S/c1-9-5-15(27-21-9)20-16(24)13-4-3-11(6-14(13)18)22-8-12(26-17(22)25)7-19-10(2)23/h3-6,12H,7-8H2,1-2H3,(H,19,23)(H,20,24)/t12-/m0/s1. The molecule has 1 aromatic carbocycles. The highest BCUT2D eigenvalue weighted by Gasteiger charge is 2.33. The summed E-state index contributed by atoms with van der Waals surface area (Å²) in [5, 5.41) is 5.67. The molecule has 0 unspecified atom stereocenters. The second-order valence-corrected chi connectivity index (χ2v) is 6.81. The van der Waals surface area contributed by atoms with Crippen LogP contribution in [0.15, 0.2) is 24.3 Å². The summed E-state index contributed by atoms with van der Waals surface area (Å²) in [6.45, 7) is 3.50. The molecule has 3 amide bonds. The van der Waals surface area contributed by atoms with Crippen LogP contribution in [-0.4, -0.2) is 41.5 Å². The van der Waals surface area contributed by atoms with Crippen LogP contribution in [0.5, 0.6) is 0 Å². The molecule has 1 aliphatic heterocycles. The topological polar surface area (TPSA) is 101 Å². The quantitative estimate of drug-likeness (QED) is 0.813. The number of hydrogen-bond acceptors (Lipinski definition) is 6. The summed E-state index contributed by atoms with van der Waals surface area (Å²) in [5.41, 5.74) is 0.882. The molecule has 0 radical (unpaired) electrons. The Morgan fingerprint density at radius 3 is 2.81 bits per heavy atom. The van der Waals surface area contributed by atoms with Crippen molar-refractivity contribution in [1.82, 2.24) is 9.69 Å². The summed E-state index contributed by atoms with van der Waals surface area (Å²) < 4.78 is 23.6. The van der Waals surface area contributed by atoms with E-state index in [2.05, 4.69) is 15.0 Å². The predicted molar refractivity (Wildman–Crippen MR) is 97.5 cm³/mol. The van der Waals surface area contributed by atoms with Crippen molar-refractivity contribution < 1.29 is 23.5 Å². The molecule has 0 bridgehead atoms. The molecule has 1 fully saturated rings. The summed E-state index contributed by atoms with van der Waals surface area (Å²) in [6.07, 6.45) is -1.16. The van der Waals surface area contributed by atoms with Gasteiger partial charge in [-0.05, 0) is 42.7 Å². The number of ether oxygens (including phenoxy) is 1. The number of aryl methyl sites for hydroxylation is 1. The van der Waals surface area contributed by atoms with Gasteiger partial charge in [0.15, 0.2) is 0 Å². The number of nitrogens with one attached hydrogen (secondary N) is 2. The lowest BCUT2D eigenvalue weighted by Crippen LogP contribution is -2.33. The summed E-state index contributed by atoms with van der Waals surface area (Å²) in [5.74, 6) is -1.60. The zero-order chi connectivity index (χ0) is 19.6. The molecule has 1 saturated heterocycles. The second-order valence-electron chi connectivity index (χ2n) is 6.00. The van der Waals surface area contributed by atoms with Crippen molar-refractivity contribution in [3.8, 4) is 0 Å². The second kappa shape index (κ2) is 7.70. The first-order chi connectivity index (χ1) is 12.8. The van der Waals surface area contributed by atoms with Crippen LogP contribution in [0.4, 0.5) is 19.9 Å². The number of cyclic esters (lactones) is 1. The molecule has 2 heterocycles.